The minimum atomic E-state index is -5.42. The highest BCUT2D eigenvalue weighted by molar-refractivity contribution is 7.86. The molecule has 0 radical (unpaired) electrons. The van der Waals surface area contributed by atoms with Crippen molar-refractivity contribution in [1.82, 2.24) is 0 Å². The average molecular weight is 1310 g/mol. The molecule has 0 unspecified atom stereocenters. The number of non-ortho nitro benzene ring substituents is 2. The number of benzene rings is 9. The van der Waals surface area contributed by atoms with Gasteiger partial charge >= 0.3 is 21.5 Å². The summed E-state index contributed by atoms with van der Waals surface area (Å²) in [4.78, 5) is 84.3. The smallest absolute Gasteiger partial charge is 0.318 e. The summed E-state index contributed by atoms with van der Waals surface area (Å²) in [6, 6.07) is 34.7. The van der Waals surface area contributed by atoms with Crippen molar-refractivity contribution in [2.75, 3.05) is 16.0 Å². The maximum atomic E-state index is 15.0. The first-order chi connectivity index (χ1) is 44.2. The molecular formula is C66H54N7O19S2+. The minimum absolute atomic E-state index is 0.0418. The number of ketones is 2. The van der Waals surface area contributed by atoms with E-state index in [2.05, 4.69) is 16.0 Å². The molecule has 94 heavy (non-hydrogen) atoms. The van der Waals surface area contributed by atoms with E-state index in [1.165, 1.54) is 18.2 Å². The zero-order valence-corrected chi connectivity index (χ0v) is 52.0. The van der Waals surface area contributed by atoms with E-state index in [9.17, 15) is 91.0 Å². The molecule has 28 heteroatoms. The van der Waals surface area contributed by atoms with Gasteiger partial charge in [0.2, 0.25) is 11.5 Å². The zero-order valence-electron chi connectivity index (χ0n) is 50.4. The average Bonchev–Trinajstić information content (AvgIpc) is 0.772. The number of hydrogen-bond donors (Lipinski definition) is 7. The predicted octanol–water partition coefficient (Wildman–Crippen LogP) is 13.4. The van der Waals surface area contributed by atoms with Crippen molar-refractivity contribution in [2.45, 2.75) is 64.2 Å². The Labute approximate surface area is 535 Å². The number of Topliss-reactive ketones (excluding diaryl/α,β-unsaturated/α-hetero) is 2. The molecule has 0 aromatic heterocycles. The number of amides is 1. The second-order valence-corrected chi connectivity index (χ2v) is 24.7. The molecule has 0 atom stereocenters. The predicted molar refractivity (Wildman–Crippen MR) is 346 cm³/mol. The van der Waals surface area contributed by atoms with Gasteiger partial charge < -0.3 is 26.2 Å². The number of para-hydroxylation sites is 1. The molecule has 1 amide bonds. The van der Waals surface area contributed by atoms with Crippen LogP contribution in [0, 0.1) is 87.9 Å². The molecule has 0 aliphatic heterocycles. The van der Waals surface area contributed by atoms with Crippen LogP contribution in [0.15, 0.2) is 161 Å². The summed E-state index contributed by atoms with van der Waals surface area (Å²) in [5.74, 6) is -4.70. The van der Waals surface area contributed by atoms with E-state index in [0.29, 0.717) is 96.6 Å². The lowest BCUT2D eigenvalue weighted by Crippen LogP contribution is -2.17. The van der Waals surface area contributed by atoms with E-state index in [0.717, 1.165) is 24.3 Å². The Hall–Kier alpha value is -11.7. The first-order valence-electron chi connectivity index (χ1n) is 28.0. The summed E-state index contributed by atoms with van der Waals surface area (Å²) >= 11 is 0. The molecular weight excluding hydrogens is 1260 g/mol. The third-order valence-electron chi connectivity index (χ3n) is 15.8. The second kappa shape index (κ2) is 26.2. The third kappa shape index (κ3) is 13.8. The van der Waals surface area contributed by atoms with E-state index in [1.54, 1.807) is 133 Å². The molecule has 9 aromatic rings. The van der Waals surface area contributed by atoms with Crippen LogP contribution < -0.4 is 16.0 Å². The maximum absolute atomic E-state index is 15.0. The van der Waals surface area contributed by atoms with Gasteiger partial charge in [-0.15, -0.1) is 0 Å². The molecule has 0 aliphatic carbocycles. The topological polar surface area (TPSA) is 409 Å². The van der Waals surface area contributed by atoms with Crippen LogP contribution in [0.4, 0.5) is 51.2 Å². The van der Waals surface area contributed by atoms with Crippen molar-refractivity contribution in [2.24, 2.45) is 0 Å². The number of hydrogen-bond acceptors (Lipinski definition) is 19. The number of phenolic OH excluding ortho intramolecular Hbond substituents is 2. The molecule has 0 fully saturated rings. The number of nitro groups is 4. The molecule has 9 aromatic carbocycles. The van der Waals surface area contributed by atoms with Crippen LogP contribution in [0.5, 0.6) is 11.5 Å². The van der Waals surface area contributed by atoms with Gasteiger partial charge in [0.05, 0.1) is 82.5 Å². The van der Waals surface area contributed by atoms with Gasteiger partial charge in [0.15, 0.2) is 11.6 Å². The Balaban J connectivity index is 1.21. The number of carbonyl (C=O) groups excluding carboxylic acids is 3. The lowest BCUT2D eigenvalue weighted by Gasteiger charge is -2.23. The second-order valence-electron chi connectivity index (χ2n) is 21.9. The number of nitrogens with zero attached hydrogens (tertiary/aromatic N) is 4. The molecule has 0 aliphatic rings. The van der Waals surface area contributed by atoms with E-state index >= 15 is 0 Å². The van der Waals surface area contributed by atoms with Gasteiger partial charge in [0.1, 0.15) is 9.79 Å². The lowest BCUT2D eigenvalue weighted by atomic mass is 9.82. The standard InChI is InChI=1S/C66H53N7O19S2/c1-34-23-36(3)62(38(5)48(34)32-58(74)52-27-44(70(79)80)29-56(64(52)76)72(83)84)68-54-21-17-41(25-50(54)40-13-9-7-10-14-40)61(47-20-19-46(93(87,88)89)31-60(47)94(90,91)92)42-18-22-55(51(26-42)66(78)67-43-15-11-8-12-16-43)69-63-37(4)24-35(2)49(39(63)6)33-59(75)53-28-45(71(81)82)30-57(65(53)77)73(85)86/h7-31,68H,32-33H2,1-6H3,(H5-,67,69,74,75,76,77,78,87,88,89,90,91,92)/p+1. The molecule has 0 saturated heterocycles. The number of aryl methyl sites for hydroxylation is 4. The Morgan fingerprint density at radius 2 is 0.947 bits per heavy atom. The minimum Gasteiger partial charge on any atom is -0.502 e. The van der Waals surface area contributed by atoms with Gasteiger partial charge in [0, 0.05) is 59.7 Å². The summed E-state index contributed by atoms with van der Waals surface area (Å²) < 4.78 is 73.6. The van der Waals surface area contributed by atoms with Crippen molar-refractivity contribution < 1.29 is 70.2 Å². The van der Waals surface area contributed by atoms with Crippen LogP contribution in [0.25, 0.3) is 11.1 Å². The highest BCUT2D eigenvalue weighted by Gasteiger charge is 2.36. The fraction of sp³-hybridized carbons (Fsp3) is 0.121. The Morgan fingerprint density at radius 3 is 1.40 bits per heavy atom. The number of rotatable bonds is 22. The van der Waals surface area contributed by atoms with Gasteiger partial charge in [-0.3, -0.25) is 63.9 Å². The number of carbonyl (C=O) groups is 3. The van der Waals surface area contributed by atoms with E-state index in [1.807, 2.05) is 0 Å². The summed E-state index contributed by atoms with van der Waals surface area (Å²) in [5.41, 5.74) is 1.33. The van der Waals surface area contributed by atoms with Gasteiger partial charge in [0.25, 0.3) is 27.4 Å². The van der Waals surface area contributed by atoms with E-state index < -0.39 is 125 Å². The SMILES string of the molecule is Cc1cc(C)c(Nc2ccc([C+](c3ccc(Nc4c(C)cc(C)c(CC(=O)c5cc([N+](=O)[O-])cc([N+](=O)[O-])c5O)c4C)c(-c4ccccc4)c3)c3ccc(S(=O)(=O)O)cc3S(=O)(=O)O)cc2C(=O)Nc2ccccc2)c(C)c1CC(=O)c1cc([N+](=O)[O-])cc([N+](=O)[O-])c1O. The van der Waals surface area contributed by atoms with Gasteiger partial charge in [-0.2, -0.15) is 16.8 Å². The van der Waals surface area contributed by atoms with Crippen LogP contribution in [0.3, 0.4) is 0 Å². The summed E-state index contributed by atoms with van der Waals surface area (Å²) in [6.07, 6.45) is -1.01. The highest BCUT2D eigenvalue weighted by Crippen LogP contribution is 2.44. The molecule has 478 valence electrons. The lowest BCUT2D eigenvalue weighted by molar-refractivity contribution is -0.395. The van der Waals surface area contributed by atoms with Crippen molar-refractivity contribution in [1.29, 1.82) is 0 Å². The van der Waals surface area contributed by atoms with Gasteiger partial charge in [-0.1, -0.05) is 60.7 Å². The molecule has 0 bridgehead atoms. The fourth-order valence-electron chi connectivity index (χ4n) is 11.2. The molecule has 0 heterocycles. The quantitative estimate of drug-likeness (QED) is 0.00827. The van der Waals surface area contributed by atoms with Crippen LogP contribution in [0.1, 0.15) is 92.3 Å². The number of anilines is 5. The van der Waals surface area contributed by atoms with E-state index in [4.69, 9.17) is 0 Å². The normalized spacial score (nSPS) is 11.4. The van der Waals surface area contributed by atoms with Crippen molar-refractivity contribution >= 4 is 88.9 Å². The third-order valence-corrected chi connectivity index (χ3v) is 17.5. The van der Waals surface area contributed by atoms with Crippen molar-refractivity contribution in [3.63, 3.8) is 0 Å². The molecule has 0 spiro atoms. The number of nitro benzene ring substituents is 4. The molecule has 0 saturated carbocycles. The zero-order chi connectivity index (χ0) is 68.6. The van der Waals surface area contributed by atoms with E-state index in [-0.39, 0.29) is 33.9 Å². The summed E-state index contributed by atoms with van der Waals surface area (Å²) in [7, 11) is -10.5. The Morgan fingerprint density at radius 1 is 0.489 bits per heavy atom. The first-order valence-corrected chi connectivity index (χ1v) is 30.9. The number of nitrogens with one attached hydrogen (secondary N) is 3. The maximum Gasteiger partial charge on any atom is 0.318 e. The first kappa shape index (κ1) is 66.7. The highest BCUT2D eigenvalue weighted by atomic mass is 32.2. The number of aromatic hydroxyl groups is 2. The Bertz CT molecular complexity index is 4950. The summed E-state index contributed by atoms with van der Waals surface area (Å²) in [5, 5.41) is 78.5. The summed E-state index contributed by atoms with van der Waals surface area (Å²) in [6.45, 7) is 10.2. The van der Waals surface area contributed by atoms with Gasteiger partial charge in [-0.25, -0.2) is 0 Å². The molecule has 7 N–H and O–H groups in total. The largest absolute Gasteiger partial charge is 0.502 e. The van der Waals surface area contributed by atoms with Crippen LogP contribution in [-0.4, -0.2) is 73.3 Å². The fourth-order valence-corrected chi connectivity index (χ4v) is 12.5. The monoisotopic (exact) mass is 1310 g/mol. The van der Waals surface area contributed by atoms with Crippen molar-refractivity contribution in [3.8, 4) is 22.6 Å². The molecule has 26 nitrogen and oxygen atoms in total. The van der Waals surface area contributed by atoms with Crippen LogP contribution in [0.2, 0.25) is 0 Å². The van der Waals surface area contributed by atoms with Gasteiger partial charge in [-0.05, 0) is 146 Å². The number of phenols is 2. The molecule has 9 rings (SSSR count). The van der Waals surface area contributed by atoms with Crippen LogP contribution >= 0.6 is 0 Å². The van der Waals surface area contributed by atoms with Crippen molar-refractivity contribution in [3.05, 3.63) is 276 Å². The van der Waals surface area contributed by atoms with Crippen LogP contribution in [-0.2, 0) is 33.1 Å². The Kier molecular flexibility index (Phi) is 18.6.